The Hall–Kier alpha value is -3.73. The van der Waals surface area contributed by atoms with Gasteiger partial charge in [0, 0.05) is 12.6 Å². The van der Waals surface area contributed by atoms with Crippen molar-refractivity contribution in [2.24, 2.45) is 0 Å². The minimum atomic E-state index is -0.286. The quantitative estimate of drug-likeness (QED) is 0.680. The summed E-state index contributed by atoms with van der Waals surface area (Å²) in [6.45, 7) is 3.38. The van der Waals surface area contributed by atoms with Gasteiger partial charge in [-0.05, 0) is 60.9 Å². The lowest BCUT2D eigenvalue weighted by molar-refractivity contribution is -0.114. The molecule has 29 heavy (non-hydrogen) atoms. The Morgan fingerprint density at radius 3 is 2.03 bits per heavy atom. The number of carbonyl (C=O) groups is 3. The summed E-state index contributed by atoms with van der Waals surface area (Å²) in [5.74, 6) is -0.669. The molecule has 3 aromatic carbocycles. The van der Waals surface area contributed by atoms with Gasteiger partial charge in [-0.25, -0.2) is 4.90 Å². The third-order valence-corrected chi connectivity index (χ3v) is 4.92. The van der Waals surface area contributed by atoms with Crippen LogP contribution in [0.3, 0.4) is 0 Å². The van der Waals surface area contributed by atoms with Crippen LogP contribution < -0.4 is 10.2 Å². The molecule has 1 aliphatic rings. The lowest BCUT2D eigenvalue weighted by Crippen LogP contribution is -2.29. The highest BCUT2D eigenvalue weighted by molar-refractivity contribution is 6.34. The van der Waals surface area contributed by atoms with E-state index in [1.807, 2.05) is 49.4 Å². The first kappa shape index (κ1) is 18.6. The van der Waals surface area contributed by atoms with Crippen molar-refractivity contribution in [3.63, 3.8) is 0 Å². The van der Waals surface area contributed by atoms with E-state index in [0.717, 1.165) is 22.4 Å². The van der Waals surface area contributed by atoms with Gasteiger partial charge in [-0.15, -0.1) is 0 Å². The maximum absolute atomic E-state index is 12.7. The number of nitrogens with zero attached hydrogens (tertiary/aromatic N) is 1. The molecule has 0 bridgehead atoms. The number of anilines is 2. The summed E-state index contributed by atoms with van der Waals surface area (Å²) in [5, 5.41) is 2.75. The van der Waals surface area contributed by atoms with E-state index in [2.05, 4.69) is 5.32 Å². The van der Waals surface area contributed by atoms with Gasteiger partial charge in [-0.2, -0.15) is 0 Å². The molecular weight excluding hydrogens is 364 g/mol. The second kappa shape index (κ2) is 7.36. The molecule has 0 aromatic heterocycles. The molecule has 0 saturated heterocycles. The molecule has 0 aliphatic carbocycles. The van der Waals surface area contributed by atoms with Crippen molar-refractivity contribution in [1.29, 1.82) is 0 Å². The number of imide groups is 1. The van der Waals surface area contributed by atoms with Crippen molar-refractivity contribution in [2.45, 2.75) is 20.3 Å². The second-order valence-corrected chi connectivity index (χ2v) is 7.22. The Morgan fingerprint density at radius 2 is 1.41 bits per heavy atom. The molecule has 0 fully saturated rings. The number of benzene rings is 3. The van der Waals surface area contributed by atoms with Crippen LogP contribution in [0, 0.1) is 6.92 Å². The first-order valence-corrected chi connectivity index (χ1v) is 9.37. The fourth-order valence-electron chi connectivity index (χ4n) is 3.50. The highest BCUT2D eigenvalue weighted by Gasteiger charge is 2.36. The van der Waals surface area contributed by atoms with Crippen LogP contribution in [0.25, 0.3) is 0 Å². The normalized spacial score (nSPS) is 12.8. The Bertz CT molecular complexity index is 1120. The minimum absolute atomic E-state index is 0.100. The molecule has 5 heteroatoms. The Labute approximate surface area is 169 Å². The number of carbonyl (C=O) groups excluding carboxylic acids is 3. The van der Waals surface area contributed by atoms with Crippen molar-refractivity contribution in [1.82, 2.24) is 0 Å². The zero-order chi connectivity index (χ0) is 20.5. The third-order valence-electron chi connectivity index (χ3n) is 4.92. The molecule has 144 valence electrons. The molecule has 0 saturated carbocycles. The van der Waals surface area contributed by atoms with Crippen molar-refractivity contribution in [2.75, 3.05) is 10.2 Å². The van der Waals surface area contributed by atoms with Crippen LogP contribution in [0.5, 0.6) is 0 Å². The fraction of sp³-hybridized carbons (Fsp3) is 0.125. The van der Waals surface area contributed by atoms with Gasteiger partial charge in [-0.3, -0.25) is 14.4 Å². The molecule has 3 aromatic rings. The van der Waals surface area contributed by atoms with Crippen LogP contribution in [0.4, 0.5) is 11.4 Å². The summed E-state index contributed by atoms with van der Waals surface area (Å²) in [4.78, 5) is 37.7. The number of fused-ring (bicyclic) bond motifs is 1. The van der Waals surface area contributed by atoms with E-state index in [1.54, 1.807) is 24.3 Å². The molecular formula is C24H20N2O3. The van der Waals surface area contributed by atoms with E-state index in [9.17, 15) is 14.4 Å². The summed E-state index contributed by atoms with van der Waals surface area (Å²) in [7, 11) is 0. The molecule has 1 aliphatic heterocycles. The Morgan fingerprint density at radius 1 is 0.828 bits per heavy atom. The summed E-state index contributed by atoms with van der Waals surface area (Å²) >= 11 is 0. The highest BCUT2D eigenvalue weighted by Crippen LogP contribution is 2.29. The molecule has 5 nitrogen and oxygen atoms in total. The number of amides is 3. The SMILES string of the molecule is CC(=O)Nc1ccc(Cc2ccc(N3C(=O)c4ccc(C)cc4C3=O)cc2)cc1. The number of rotatable bonds is 4. The van der Waals surface area contributed by atoms with Crippen LogP contribution in [0.1, 0.15) is 44.3 Å². The fourth-order valence-corrected chi connectivity index (χ4v) is 3.50. The Balaban J connectivity index is 1.51. The first-order valence-electron chi connectivity index (χ1n) is 9.37. The third kappa shape index (κ3) is 3.67. The number of hydrogen-bond acceptors (Lipinski definition) is 3. The first-order chi connectivity index (χ1) is 13.9. The standard InChI is InChI=1S/C24H20N2O3/c1-15-3-12-21-22(13-15)24(29)26(23(21)28)20-10-6-18(7-11-20)14-17-4-8-19(9-5-17)25-16(2)27/h3-13H,14H2,1-2H3,(H,25,27). The molecule has 1 heterocycles. The van der Waals surface area contributed by atoms with Gasteiger partial charge in [0.1, 0.15) is 0 Å². The van der Waals surface area contributed by atoms with Crippen LogP contribution >= 0.6 is 0 Å². The van der Waals surface area contributed by atoms with E-state index in [4.69, 9.17) is 0 Å². The predicted molar refractivity (Wildman–Crippen MR) is 112 cm³/mol. The van der Waals surface area contributed by atoms with Gasteiger partial charge in [-0.1, -0.05) is 35.9 Å². The summed E-state index contributed by atoms with van der Waals surface area (Å²) in [6.07, 6.45) is 0.710. The van der Waals surface area contributed by atoms with Crippen LogP contribution in [-0.2, 0) is 11.2 Å². The van der Waals surface area contributed by atoms with E-state index in [1.165, 1.54) is 11.8 Å². The molecule has 1 N–H and O–H groups in total. The smallest absolute Gasteiger partial charge is 0.266 e. The van der Waals surface area contributed by atoms with Gasteiger partial charge >= 0.3 is 0 Å². The van der Waals surface area contributed by atoms with Gasteiger partial charge in [0.05, 0.1) is 16.8 Å². The van der Waals surface area contributed by atoms with E-state index in [-0.39, 0.29) is 17.7 Å². The van der Waals surface area contributed by atoms with E-state index < -0.39 is 0 Å². The average molecular weight is 384 g/mol. The van der Waals surface area contributed by atoms with E-state index >= 15 is 0 Å². The summed E-state index contributed by atoms with van der Waals surface area (Å²) < 4.78 is 0. The maximum atomic E-state index is 12.7. The maximum Gasteiger partial charge on any atom is 0.266 e. The van der Waals surface area contributed by atoms with Gasteiger partial charge in [0.15, 0.2) is 0 Å². The summed E-state index contributed by atoms with van der Waals surface area (Å²) in [5.41, 5.74) is 5.35. The predicted octanol–water partition coefficient (Wildman–Crippen LogP) is 4.34. The Kier molecular flexibility index (Phi) is 4.72. The van der Waals surface area contributed by atoms with Crippen molar-refractivity contribution < 1.29 is 14.4 Å². The van der Waals surface area contributed by atoms with Crippen LogP contribution in [0.2, 0.25) is 0 Å². The second-order valence-electron chi connectivity index (χ2n) is 7.22. The topological polar surface area (TPSA) is 66.5 Å². The zero-order valence-electron chi connectivity index (χ0n) is 16.2. The van der Waals surface area contributed by atoms with Crippen LogP contribution in [0.15, 0.2) is 66.7 Å². The summed E-state index contributed by atoms with van der Waals surface area (Å²) in [6, 6.07) is 20.4. The number of hydrogen-bond donors (Lipinski definition) is 1. The van der Waals surface area contributed by atoms with Crippen molar-refractivity contribution in [3.8, 4) is 0 Å². The lowest BCUT2D eigenvalue weighted by Gasteiger charge is -2.14. The van der Waals surface area contributed by atoms with Crippen molar-refractivity contribution in [3.05, 3.63) is 94.5 Å². The van der Waals surface area contributed by atoms with Crippen LogP contribution in [-0.4, -0.2) is 17.7 Å². The molecule has 0 unspecified atom stereocenters. The lowest BCUT2D eigenvalue weighted by atomic mass is 10.0. The number of aryl methyl sites for hydroxylation is 1. The molecule has 4 rings (SSSR count). The molecule has 0 spiro atoms. The van der Waals surface area contributed by atoms with Crippen molar-refractivity contribution >= 4 is 29.1 Å². The van der Waals surface area contributed by atoms with E-state index in [0.29, 0.717) is 23.2 Å². The molecule has 0 radical (unpaired) electrons. The average Bonchev–Trinajstić information content (AvgIpc) is 2.94. The highest BCUT2D eigenvalue weighted by atomic mass is 16.2. The largest absolute Gasteiger partial charge is 0.326 e. The van der Waals surface area contributed by atoms with Gasteiger partial charge in [0.25, 0.3) is 11.8 Å². The number of nitrogens with one attached hydrogen (secondary N) is 1. The molecule has 0 atom stereocenters. The van der Waals surface area contributed by atoms with Gasteiger partial charge < -0.3 is 5.32 Å². The zero-order valence-corrected chi connectivity index (χ0v) is 16.2. The molecule has 3 amide bonds. The van der Waals surface area contributed by atoms with Gasteiger partial charge in [0.2, 0.25) is 5.91 Å². The monoisotopic (exact) mass is 384 g/mol. The minimum Gasteiger partial charge on any atom is -0.326 e.